The van der Waals surface area contributed by atoms with Gasteiger partial charge >= 0.3 is 0 Å². The third-order valence-corrected chi connectivity index (χ3v) is 5.26. The van der Waals surface area contributed by atoms with Gasteiger partial charge in [0.25, 0.3) is 5.91 Å². The van der Waals surface area contributed by atoms with Gasteiger partial charge in [0, 0.05) is 25.1 Å². The average molecular weight is 357 g/mol. The van der Waals surface area contributed by atoms with E-state index in [4.69, 9.17) is 4.74 Å². The van der Waals surface area contributed by atoms with E-state index in [1.54, 1.807) is 18.2 Å². The van der Waals surface area contributed by atoms with E-state index in [1.807, 2.05) is 4.90 Å². The molecule has 2 atom stereocenters. The molecule has 2 N–H and O–H groups in total. The molecule has 4 rings (SSSR count). The summed E-state index contributed by atoms with van der Waals surface area (Å²) in [5.74, 6) is -0.113. The van der Waals surface area contributed by atoms with Gasteiger partial charge in [-0.05, 0) is 31.0 Å². The first kappa shape index (κ1) is 17.0. The lowest BCUT2D eigenvalue weighted by Crippen LogP contribution is -2.55. The summed E-state index contributed by atoms with van der Waals surface area (Å²) in [5, 5.41) is 13.3. The van der Waals surface area contributed by atoms with Gasteiger partial charge in [-0.3, -0.25) is 9.59 Å². The van der Waals surface area contributed by atoms with Crippen LogP contribution in [0.3, 0.4) is 0 Å². The van der Waals surface area contributed by atoms with Crippen molar-refractivity contribution >= 4 is 22.8 Å². The second kappa shape index (κ2) is 7.41. The molecule has 2 aromatic rings. The Morgan fingerprint density at radius 3 is 3.00 bits per heavy atom. The van der Waals surface area contributed by atoms with Gasteiger partial charge in [0.1, 0.15) is 11.0 Å². The minimum Gasteiger partial charge on any atom is -0.374 e. The first-order chi connectivity index (χ1) is 12.7. The minimum absolute atomic E-state index is 0.0949. The van der Waals surface area contributed by atoms with Crippen molar-refractivity contribution in [3.05, 3.63) is 23.8 Å². The SMILES string of the molecule is O=C(NCCC(=O)N1CCO[C@@H]2CCCC[C@@H]21)c1ccc2n[nH]nc2c1. The molecular formula is C18H23N5O3. The normalized spacial score (nSPS) is 22.8. The number of carbonyl (C=O) groups excluding carboxylic acids is 2. The van der Waals surface area contributed by atoms with Crippen LogP contribution in [-0.4, -0.2) is 64.0 Å². The Morgan fingerprint density at radius 1 is 1.23 bits per heavy atom. The van der Waals surface area contributed by atoms with Crippen LogP contribution in [0.5, 0.6) is 0 Å². The van der Waals surface area contributed by atoms with Crippen molar-refractivity contribution in [1.82, 2.24) is 25.6 Å². The second-order valence-corrected chi connectivity index (χ2v) is 6.88. The Morgan fingerprint density at radius 2 is 2.08 bits per heavy atom. The molecule has 26 heavy (non-hydrogen) atoms. The molecule has 2 fully saturated rings. The van der Waals surface area contributed by atoms with E-state index in [0.717, 1.165) is 19.3 Å². The zero-order valence-corrected chi connectivity index (χ0v) is 14.6. The lowest BCUT2D eigenvalue weighted by atomic mass is 9.90. The van der Waals surface area contributed by atoms with E-state index in [0.29, 0.717) is 42.7 Å². The van der Waals surface area contributed by atoms with Crippen molar-refractivity contribution < 1.29 is 14.3 Å². The molecule has 1 saturated heterocycles. The number of fused-ring (bicyclic) bond motifs is 2. The second-order valence-electron chi connectivity index (χ2n) is 6.88. The summed E-state index contributed by atoms with van der Waals surface area (Å²) in [5.41, 5.74) is 1.87. The van der Waals surface area contributed by atoms with E-state index < -0.39 is 0 Å². The number of aromatic amines is 1. The standard InChI is InChI=1S/C18H23N5O3/c24-17(23-9-10-26-16-4-2-1-3-15(16)23)7-8-19-18(25)12-5-6-13-14(11-12)21-22-20-13/h5-6,11,15-16H,1-4,7-10H2,(H,19,25)(H,20,21,22)/t15-,16+/m0/s1. The van der Waals surface area contributed by atoms with Crippen LogP contribution in [0, 0.1) is 0 Å². The van der Waals surface area contributed by atoms with Gasteiger partial charge < -0.3 is 15.0 Å². The summed E-state index contributed by atoms with van der Waals surface area (Å²) in [6.45, 7) is 1.58. The van der Waals surface area contributed by atoms with Gasteiger partial charge in [-0.15, -0.1) is 0 Å². The number of H-pyrrole nitrogens is 1. The molecule has 0 unspecified atom stereocenters. The Hall–Kier alpha value is -2.48. The molecule has 1 aromatic carbocycles. The summed E-state index contributed by atoms with van der Waals surface area (Å²) in [6, 6.07) is 5.34. The number of carbonyl (C=O) groups is 2. The summed E-state index contributed by atoms with van der Waals surface area (Å²) >= 11 is 0. The Kier molecular flexibility index (Phi) is 4.83. The molecule has 1 aliphatic carbocycles. The largest absolute Gasteiger partial charge is 0.374 e. The molecule has 8 heteroatoms. The van der Waals surface area contributed by atoms with Crippen LogP contribution < -0.4 is 5.32 Å². The Labute approximate surface area is 151 Å². The predicted octanol–water partition coefficient (Wildman–Crippen LogP) is 1.25. The molecule has 2 amide bonds. The van der Waals surface area contributed by atoms with Crippen molar-refractivity contribution in [1.29, 1.82) is 0 Å². The number of benzene rings is 1. The Balaban J connectivity index is 1.30. The molecule has 0 bridgehead atoms. The van der Waals surface area contributed by atoms with Crippen molar-refractivity contribution in [2.45, 2.75) is 44.2 Å². The summed E-state index contributed by atoms with van der Waals surface area (Å²) in [4.78, 5) is 26.8. The number of nitrogens with zero attached hydrogens (tertiary/aromatic N) is 3. The number of ether oxygens (including phenoxy) is 1. The molecule has 0 spiro atoms. The van der Waals surface area contributed by atoms with Crippen LogP contribution in [0.25, 0.3) is 11.0 Å². The summed E-state index contributed by atoms with van der Waals surface area (Å²) in [7, 11) is 0. The number of rotatable bonds is 4. The number of amides is 2. The number of morpholine rings is 1. The van der Waals surface area contributed by atoms with Crippen molar-refractivity contribution in [3.8, 4) is 0 Å². The van der Waals surface area contributed by atoms with Crippen LogP contribution in [0.2, 0.25) is 0 Å². The third kappa shape index (κ3) is 3.41. The molecule has 1 aliphatic heterocycles. The first-order valence-corrected chi connectivity index (χ1v) is 9.22. The molecular weight excluding hydrogens is 334 g/mol. The summed E-state index contributed by atoms with van der Waals surface area (Å²) in [6.07, 6.45) is 4.87. The minimum atomic E-state index is -0.208. The van der Waals surface area contributed by atoms with Crippen LogP contribution in [0.1, 0.15) is 42.5 Å². The lowest BCUT2D eigenvalue weighted by molar-refractivity contribution is -0.149. The highest BCUT2D eigenvalue weighted by Crippen LogP contribution is 2.28. The van der Waals surface area contributed by atoms with Gasteiger partial charge in [-0.1, -0.05) is 12.8 Å². The van der Waals surface area contributed by atoms with E-state index in [2.05, 4.69) is 20.7 Å². The third-order valence-electron chi connectivity index (χ3n) is 5.26. The van der Waals surface area contributed by atoms with E-state index in [9.17, 15) is 9.59 Å². The monoisotopic (exact) mass is 357 g/mol. The highest BCUT2D eigenvalue weighted by molar-refractivity contribution is 5.97. The molecule has 1 saturated carbocycles. The number of nitrogens with one attached hydrogen (secondary N) is 2. The maximum absolute atomic E-state index is 12.6. The van der Waals surface area contributed by atoms with Crippen molar-refractivity contribution in [2.24, 2.45) is 0 Å². The zero-order chi connectivity index (χ0) is 17.9. The number of hydrogen-bond donors (Lipinski definition) is 2. The van der Waals surface area contributed by atoms with Crippen LogP contribution in [-0.2, 0) is 9.53 Å². The van der Waals surface area contributed by atoms with Crippen LogP contribution >= 0.6 is 0 Å². The van der Waals surface area contributed by atoms with Gasteiger partial charge in [-0.25, -0.2) is 0 Å². The quantitative estimate of drug-likeness (QED) is 0.858. The van der Waals surface area contributed by atoms with Crippen LogP contribution in [0.4, 0.5) is 0 Å². The lowest BCUT2D eigenvalue weighted by Gasteiger charge is -2.43. The molecule has 8 nitrogen and oxygen atoms in total. The fourth-order valence-electron chi connectivity index (χ4n) is 3.92. The zero-order valence-electron chi connectivity index (χ0n) is 14.6. The summed E-state index contributed by atoms with van der Waals surface area (Å²) < 4.78 is 5.81. The first-order valence-electron chi connectivity index (χ1n) is 9.22. The molecule has 1 aromatic heterocycles. The smallest absolute Gasteiger partial charge is 0.251 e. The highest BCUT2D eigenvalue weighted by atomic mass is 16.5. The maximum Gasteiger partial charge on any atom is 0.251 e. The number of aromatic nitrogens is 3. The molecule has 2 aliphatic rings. The van der Waals surface area contributed by atoms with E-state index in [1.165, 1.54) is 6.42 Å². The van der Waals surface area contributed by atoms with Gasteiger partial charge in [0.05, 0.1) is 18.8 Å². The fourth-order valence-corrected chi connectivity index (χ4v) is 3.92. The van der Waals surface area contributed by atoms with Gasteiger partial charge in [-0.2, -0.15) is 15.4 Å². The van der Waals surface area contributed by atoms with Crippen LogP contribution in [0.15, 0.2) is 18.2 Å². The topological polar surface area (TPSA) is 100 Å². The molecule has 138 valence electrons. The van der Waals surface area contributed by atoms with Gasteiger partial charge in [0.15, 0.2) is 0 Å². The average Bonchev–Trinajstić information content (AvgIpc) is 3.15. The highest BCUT2D eigenvalue weighted by Gasteiger charge is 2.36. The Bertz CT molecular complexity index is 803. The van der Waals surface area contributed by atoms with Gasteiger partial charge in [0.2, 0.25) is 5.91 Å². The maximum atomic E-state index is 12.6. The van der Waals surface area contributed by atoms with E-state index >= 15 is 0 Å². The fraction of sp³-hybridized carbons (Fsp3) is 0.556. The predicted molar refractivity (Wildman–Crippen MR) is 94.5 cm³/mol. The number of hydrogen-bond acceptors (Lipinski definition) is 5. The van der Waals surface area contributed by atoms with E-state index in [-0.39, 0.29) is 24.0 Å². The molecule has 0 radical (unpaired) electrons. The molecule has 2 heterocycles. The van der Waals surface area contributed by atoms with Crippen molar-refractivity contribution in [3.63, 3.8) is 0 Å². The van der Waals surface area contributed by atoms with Crippen molar-refractivity contribution in [2.75, 3.05) is 19.7 Å².